The zero-order valence-electron chi connectivity index (χ0n) is 23.4. The van der Waals surface area contributed by atoms with E-state index in [2.05, 4.69) is 20.3 Å². The van der Waals surface area contributed by atoms with Gasteiger partial charge in [0.1, 0.15) is 29.4 Å². The van der Waals surface area contributed by atoms with Crippen molar-refractivity contribution in [3.63, 3.8) is 0 Å². The highest BCUT2D eigenvalue weighted by Gasteiger charge is 2.33. The second kappa shape index (κ2) is 11.0. The van der Waals surface area contributed by atoms with E-state index in [0.717, 1.165) is 28.3 Å². The molecule has 12 heteroatoms. The number of benzene rings is 3. The number of amides is 1. The zero-order valence-corrected chi connectivity index (χ0v) is 23.4. The molecule has 6 rings (SSSR count). The Labute approximate surface area is 248 Å². The molecule has 224 valence electrons. The van der Waals surface area contributed by atoms with Gasteiger partial charge in [-0.15, -0.1) is 0 Å². The summed E-state index contributed by atoms with van der Waals surface area (Å²) < 4.78 is 50.9. The number of carbonyl (C=O) groups excluding carboxylic acids is 1. The maximum atomic E-state index is 13.4. The number of carboxylic acids is 1. The topological polar surface area (TPSA) is 126 Å². The van der Waals surface area contributed by atoms with Crippen LogP contribution in [0.2, 0.25) is 0 Å². The number of imidazole rings is 1. The maximum Gasteiger partial charge on any atom is 0.433 e. The van der Waals surface area contributed by atoms with Gasteiger partial charge in [-0.3, -0.25) is 0 Å². The Balaban J connectivity index is 1.25. The van der Waals surface area contributed by atoms with Crippen LogP contribution in [0.15, 0.2) is 72.8 Å². The van der Waals surface area contributed by atoms with Gasteiger partial charge in [0, 0.05) is 16.9 Å². The summed E-state index contributed by atoms with van der Waals surface area (Å²) in [5.41, 5.74) is 3.08. The SMILES string of the molecule is COc1ccc(-c2nc(C(=O)O)c([C@H](C)NC(=O)OCC3c4ccccc4-c4ccccc43)[nH]2)c2ccc(C(F)(F)F)nc12. The van der Waals surface area contributed by atoms with E-state index in [4.69, 9.17) is 9.47 Å². The number of carboxylic acid groups (broad SMARTS) is 1. The molecular formula is C32H25F3N4O5. The molecule has 0 bridgehead atoms. The Morgan fingerprint density at radius 3 is 2.23 bits per heavy atom. The van der Waals surface area contributed by atoms with Crippen LogP contribution in [0.1, 0.15) is 51.9 Å². The van der Waals surface area contributed by atoms with Crippen molar-refractivity contribution < 1.29 is 37.3 Å². The molecule has 5 aromatic rings. The van der Waals surface area contributed by atoms with E-state index in [0.29, 0.717) is 5.56 Å². The molecule has 3 N–H and O–H groups in total. The molecule has 0 saturated heterocycles. The summed E-state index contributed by atoms with van der Waals surface area (Å²) in [5.74, 6) is -1.36. The lowest BCUT2D eigenvalue weighted by atomic mass is 9.98. The van der Waals surface area contributed by atoms with Crippen molar-refractivity contribution in [3.8, 4) is 28.3 Å². The second-order valence-corrected chi connectivity index (χ2v) is 10.3. The normalized spacial score (nSPS) is 13.3. The summed E-state index contributed by atoms with van der Waals surface area (Å²) in [6, 6.07) is 20.0. The minimum absolute atomic E-state index is 0.0628. The molecule has 2 heterocycles. The number of rotatable bonds is 7. The molecule has 0 radical (unpaired) electrons. The van der Waals surface area contributed by atoms with Crippen molar-refractivity contribution >= 4 is 23.0 Å². The van der Waals surface area contributed by atoms with Crippen molar-refractivity contribution in [2.75, 3.05) is 13.7 Å². The number of H-pyrrole nitrogens is 1. The first-order chi connectivity index (χ1) is 21.1. The molecule has 1 amide bonds. The number of aromatic nitrogens is 3. The molecule has 9 nitrogen and oxygen atoms in total. The van der Waals surface area contributed by atoms with Gasteiger partial charge in [0.2, 0.25) is 0 Å². The highest BCUT2D eigenvalue weighted by Crippen LogP contribution is 2.44. The molecule has 1 aliphatic carbocycles. The Bertz CT molecular complexity index is 1870. The third-order valence-corrected chi connectivity index (χ3v) is 7.63. The highest BCUT2D eigenvalue weighted by atomic mass is 19.4. The van der Waals surface area contributed by atoms with Crippen LogP contribution < -0.4 is 10.1 Å². The Kier molecular flexibility index (Phi) is 7.20. The number of ether oxygens (including phenoxy) is 2. The number of nitrogens with zero attached hydrogens (tertiary/aromatic N) is 2. The summed E-state index contributed by atoms with van der Waals surface area (Å²) in [6.07, 6.45) is -5.44. The molecule has 3 aromatic carbocycles. The smallest absolute Gasteiger partial charge is 0.433 e. The Morgan fingerprint density at radius 1 is 0.955 bits per heavy atom. The molecule has 0 spiro atoms. The van der Waals surface area contributed by atoms with Crippen LogP contribution in [0.25, 0.3) is 33.4 Å². The van der Waals surface area contributed by atoms with Gasteiger partial charge in [-0.05, 0) is 53.4 Å². The van der Waals surface area contributed by atoms with Gasteiger partial charge in [0.15, 0.2) is 5.69 Å². The molecule has 0 aliphatic heterocycles. The first-order valence-electron chi connectivity index (χ1n) is 13.6. The lowest BCUT2D eigenvalue weighted by molar-refractivity contribution is -0.140. The van der Waals surface area contributed by atoms with Crippen LogP contribution in [0.5, 0.6) is 5.75 Å². The first-order valence-corrected chi connectivity index (χ1v) is 13.6. The number of halogens is 3. The fourth-order valence-corrected chi connectivity index (χ4v) is 5.60. The van der Waals surface area contributed by atoms with E-state index in [1.165, 1.54) is 25.3 Å². The number of pyridine rings is 1. The maximum absolute atomic E-state index is 13.4. The lowest BCUT2D eigenvalue weighted by Gasteiger charge is -2.17. The van der Waals surface area contributed by atoms with Crippen molar-refractivity contribution in [2.24, 2.45) is 0 Å². The van der Waals surface area contributed by atoms with Gasteiger partial charge in [0.25, 0.3) is 0 Å². The molecule has 0 unspecified atom stereocenters. The van der Waals surface area contributed by atoms with Gasteiger partial charge in [-0.2, -0.15) is 13.2 Å². The molecule has 0 fully saturated rings. The zero-order chi connectivity index (χ0) is 31.2. The third kappa shape index (κ3) is 5.08. The number of methoxy groups -OCH3 is 1. The molecule has 0 saturated carbocycles. The van der Waals surface area contributed by atoms with Crippen molar-refractivity contribution in [2.45, 2.75) is 25.1 Å². The van der Waals surface area contributed by atoms with Gasteiger partial charge in [0.05, 0.1) is 18.8 Å². The predicted molar refractivity (Wildman–Crippen MR) is 154 cm³/mol. The number of hydrogen-bond donors (Lipinski definition) is 3. The van der Waals surface area contributed by atoms with Crippen LogP contribution in [0.3, 0.4) is 0 Å². The van der Waals surface area contributed by atoms with Gasteiger partial charge in [-0.1, -0.05) is 48.5 Å². The minimum atomic E-state index is -4.68. The van der Waals surface area contributed by atoms with Gasteiger partial charge >= 0.3 is 18.2 Å². The van der Waals surface area contributed by atoms with Crippen molar-refractivity contribution in [3.05, 3.63) is 101 Å². The number of fused-ring (bicyclic) bond motifs is 4. The van der Waals surface area contributed by atoms with E-state index < -0.39 is 30.0 Å². The van der Waals surface area contributed by atoms with Crippen LogP contribution >= 0.6 is 0 Å². The van der Waals surface area contributed by atoms with Crippen LogP contribution in [0, 0.1) is 0 Å². The largest absolute Gasteiger partial charge is 0.494 e. The number of alkyl halides is 3. The summed E-state index contributed by atoms with van der Waals surface area (Å²) >= 11 is 0. The summed E-state index contributed by atoms with van der Waals surface area (Å²) in [7, 11) is 1.31. The fourth-order valence-electron chi connectivity index (χ4n) is 5.60. The predicted octanol–water partition coefficient (Wildman–Crippen LogP) is 6.95. The van der Waals surface area contributed by atoms with Crippen LogP contribution in [-0.4, -0.2) is 45.8 Å². The average Bonchev–Trinajstić information content (AvgIpc) is 3.59. The first kappa shape index (κ1) is 28.7. The Morgan fingerprint density at radius 2 is 1.61 bits per heavy atom. The van der Waals surface area contributed by atoms with Gasteiger partial charge in [-0.25, -0.2) is 19.6 Å². The van der Waals surface area contributed by atoms with Crippen LogP contribution in [-0.2, 0) is 10.9 Å². The van der Waals surface area contributed by atoms with E-state index in [1.807, 2.05) is 48.5 Å². The monoisotopic (exact) mass is 602 g/mol. The number of aromatic carboxylic acids is 1. The molecule has 1 atom stereocenters. The van der Waals surface area contributed by atoms with Crippen molar-refractivity contribution in [1.82, 2.24) is 20.3 Å². The van der Waals surface area contributed by atoms with E-state index in [-0.39, 0.29) is 46.4 Å². The van der Waals surface area contributed by atoms with Gasteiger partial charge < -0.3 is 24.9 Å². The lowest BCUT2D eigenvalue weighted by Crippen LogP contribution is -2.29. The highest BCUT2D eigenvalue weighted by molar-refractivity contribution is 5.97. The minimum Gasteiger partial charge on any atom is -0.494 e. The molecule has 44 heavy (non-hydrogen) atoms. The summed E-state index contributed by atoms with van der Waals surface area (Å²) in [5, 5.41) is 12.8. The van der Waals surface area contributed by atoms with Crippen LogP contribution in [0.4, 0.5) is 18.0 Å². The average molecular weight is 603 g/mol. The third-order valence-electron chi connectivity index (χ3n) is 7.63. The fraction of sp³-hybridized carbons (Fsp3) is 0.188. The quantitative estimate of drug-likeness (QED) is 0.184. The van der Waals surface area contributed by atoms with E-state index in [1.54, 1.807) is 6.92 Å². The summed E-state index contributed by atoms with van der Waals surface area (Å²) in [4.78, 5) is 35.9. The molecule has 1 aliphatic rings. The standard InChI is InChI=1S/C32H25F3N4O5/c1-16(36-31(42)44-15-23-19-9-5-3-7-17(19)18-8-4-6-10-20(18)23)26-28(30(40)41)39-29(38-26)22-11-13-24(43-2)27-21(22)12-14-25(37-27)32(33,34)35/h3-14,16,23H,15H2,1-2H3,(H,36,42)(H,38,39)(H,40,41)/t16-/m0/s1. The summed E-state index contributed by atoms with van der Waals surface area (Å²) in [6.45, 7) is 1.63. The number of hydrogen-bond acceptors (Lipinski definition) is 6. The van der Waals surface area contributed by atoms with Crippen molar-refractivity contribution in [1.29, 1.82) is 0 Å². The number of nitrogens with one attached hydrogen (secondary N) is 2. The number of aromatic amines is 1. The van der Waals surface area contributed by atoms with E-state index in [9.17, 15) is 27.9 Å². The number of carbonyl (C=O) groups is 2. The Hall–Kier alpha value is -5.39. The second-order valence-electron chi connectivity index (χ2n) is 10.3. The molecular weight excluding hydrogens is 577 g/mol. The number of alkyl carbamates (subject to hydrolysis) is 1. The molecule has 2 aromatic heterocycles. The van der Waals surface area contributed by atoms with E-state index >= 15 is 0 Å².